The van der Waals surface area contributed by atoms with Crippen LogP contribution in [0.4, 0.5) is 11.5 Å². The minimum Gasteiger partial charge on any atom is -0.350 e. The van der Waals surface area contributed by atoms with E-state index in [0.717, 1.165) is 33.4 Å². The van der Waals surface area contributed by atoms with Crippen molar-refractivity contribution in [3.63, 3.8) is 0 Å². The second-order valence-corrected chi connectivity index (χ2v) is 4.61. The predicted molar refractivity (Wildman–Crippen MR) is 88.4 cm³/mol. The van der Waals surface area contributed by atoms with Crippen molar-refractivity contribution in [3.8, 4) is 0 Å². The van der Waals surface area contributed by atoms with E-state index in [1.165, 1.54) is 0 Å². The number of halogens is 1. The largest absolute Gasteiger partial charge is 0.350 e. The fraction of sp³-hybridized carbons (Fsp3) is 0. The third-order valence-electron chi connectivity index (χ3n) is 3.33. The molecule has 0 radical (unpaired) electrons. The number of nitrogens with zero attached hydrogens (tertiary/aromatic N) is 2. The number of aromatic amines is 1. The zero-order valence-corrected chi connectivity index (χ0v) is 11.9. The molecule has 0 unspecified atom stereocenters. The second-order valence-electron chi connectivity index (χ2n) is 4.61. The summed E-state index contributed by atoms with van der Waals surface area (Å²) in [7, 11) is 0. The van der Waals surface area contributed by atoms with Gasteiger partial charge in [0.15, 0.2) is 5.82 Å². The van der Waals surface area contributed by atoms with Crippen LogP contribution in [0, 0.1) is 0 Å². The van der Waals surface area contributed by atoms with Gasteiger partial charge in [-0.1, -0.05) is 36.4 Å². The SMILES string of the molecule is Cl.c1ccc(Nc2ncnc3c2[nH]c2ccccc23)cc1. The average molecular weight is 297 g/mol. The summed E-state index contributed by atoms with van der Waals surface area (Å²) >= 11 is 0. The Labute approximate surface area is 127 Å². The third-order valence-corrected chi connectivity index (χ3v) is 3.33. The maximum Gasteiger partial charge on any atom is 0.158 e. The highest BCUT2D eigenvalue weighted by Gasteiger charge is 2.09. The number of fused-ring (bicyclic) bond motifs is 3. The van der Waals surface area contributed by atoms with Crippen LogP contribution in [-0.4, -0.2) is 15.0 Å². The van der Waals surface area contributed by atoms with E-state index < -0.39 is 0 Å². The molecule has 104 valence electrons. The zero-order chi connectivity index (χ0) is 13.4. The van der Waals surface area contributed by atoms with E-state index in [2.05, 4.69) is 26.3 Å². The maximum absolute atomic E-state index is 4.39. The number of rotatable bonds is 2. The van der Waals surface area contributed by atoms with Gasteiger partial charge in [0.25, 0.3) is 0 Å². The standard InChI is InChI=1S/C16H12N4.ClH/c1-2-6-11(7-3-1)19-16-15-14(17-10-18-16)12-8-4-5-9-13(12)20-15;/h1-10,20H,(H,17,18,19);1H. The summed E-state index contributed by atoms with van der Waals surface area (Å²) in [5.41, 5.74) is 3.94. The van der Waals surface area contributed by atoms with Gasteiger partial charge in [-0.05, 0) is 18.2 Å². The molecule has 0 fully saturated rings. The second kappa shape index (κ2) is 5.42. The molecule has 0 saturated carbocycles. The number of benzene rings is 2. The molecule has 0 aliphatic carbocycles. The third kappa shape index (κ3) is 2.30. The highest BCUT2D eigenvalue weighted by Crippen LogP contribution is 2.28. The number of hydrogen-bond donors (Lipinski definition) is 2. The molecular weight excluding hydrogens is 284 g/mol. The van der Waals surface area contributed by atoms with Gasteiger partial charge in [0, 0.05) is 16.6 Å². The minimum atomic E-state index is 0. The first-order valence-electron chi connectivity index (χ1n) is 6.45. The molecule has 0 aliphatic heterocycles. The summed E-state index contributed by atoms with van der Waals surface area (Å²) in [6, 6.07) is 18.1. The summed E-state index contributed by atoms with van der Waals surface area (Å²) in [5.74, 6) is 0.789. The van der Waals surface area contributed by atoms with Crippen molar-refractivity contribution in [2.45, 2.75) is 0 Å². The number of hydrogen-bond acceptors (Lipinski definition) is 3. The molecule has 5 heteroatoms. The molecule has 0 amide bonds. The Balaban J connectivity index is 0.00000132. The van der Waals surface area contributed by atoms with Crippen LogP contribution in [0.15, 0.2) is 60.9 Å². The molecular formula is C16H13ClN4. The Morgan fingerprint density at radius 3 is 2.48 bits per heavy atom. The van der Waals surface area contributed by atoms with Crippen LogP contribution in [0.3, 0.4) is 0 Å². The molecule has 4 aromatic rings. The van der Waals surface area contributed by atoms with Crippen molar-refractivity contribution in [2.75, 3.05) is 5.32 Å². The highest BCUT2D eigenvalue weighted by atomic mass is 35.5. The van der Waals surface area contributed by atoms with Crippen LogP contribution in [0.2, 0.25) is 0 Å². The van der Waals surface area contributed by atoms with E-state index in [-0.39, 0.29) is 12.4 Å². The molecule has 0 spiro atoms. The van der Waals surface area contributed by atoms with Crippen LogP contribution in [-0.2, 0) is 0 Å². The maximum atomic E-state index is 4.39. The topological polar surface area (TPSA) is 53.6 Å². The summed E-state index contributed by atoms with van der Waals surface area (Å²) < 4.78 is 0. The van der Waals surface area contributed by atoms with E-state index in [0.29, 0.717) is 0 Å². The lowest BCUT2D eigenvalue weighted by Crippen LogP contribution is -1.95. The predicted octanol–water partition coefficient (Wildman–Crippen LogP) is 4.28. The lowest BCUT2D eigenvalue weighted by molar-refractivity contribution is 1.22. The molecule has 21 heavy (non-hydrogen) atoms. The molecule has 4 rings (SSSR count). The van der Waals surface area contributed by atoms with Gasteiger partial charge in [0.2, 0.25) is 0 Å². The monoisotopic (exact) mass is 296 g/mol. The lowest BCUT2D eigenvalue weighted by atomic mass is 10.2. The van der Waals surface area contributed by atoms with Gasteiger partial charge in [-0.3, -0.25) is 0 Å². The Morgan fingerprint density at radius 2 is 1.62 bits per heavy atom. The molecule has 0 saturated heterocycles. The number of aromatic nitrogens is 3. The Kier molecular flexibility index (Phi) is 3.46. The van der Waals surface area contributed by atoms with Gasteiger partial charge in [0.1, 0.15) is 17.4 Å². The lowest BCUT2D eigenvalue weighted by Gasteiger charge is -2.05. The highest BCUT2D eigenvalue weighted by molar-refractivity contribution is 6.08. The van der Waals surface area contributed by atoms with Crippen LogP contribution in [0.25, 0.3) is 21.9 Å². The number of nitrogens with one attached hydrogen (secondary N) is 2. The van der Waals surface area contributed by atoms with Crippen LogP contribution in [0.1, 0.15) is 0 Å². The van der Waals surface area contributed by atoms with Crippen molar-refractivity contribution < 1.29 is 0 Å². The first-order valence-corrected chi connectivity index (χ1v) is 6.45. The Bertz CT molecular complexity index is 886. The van der Waals surface area contributed by atoms with Gasteiger partial charge in [-0.2, -0.15) is 0 Å². The Morgan fingerprint density at radius 1 is 0.857 bits per heavy atom. The average Bonchev–Trinajstić information content (AvgIpc) is 2.88. The van der Waals surface area contributed by atoms with Crippen molar-refractivity contribution in [1.82, 2.24) is 15.0 Å². The van der Waals surface area contributed by atoms with Gasteiger partial charge in [-0.15, -0.1) is 12.4 Å². The van der Waals surface area contributed by atoms with E-state index >= 15 is 0 Å². The van der Waals surface area contributed by atoms with Crippen LogP contribution in [0.5, 0.6) is 0 Å². The first-order chi connectivity index (χ1) is 9.92. The van der Waals surface area contributed by atoms with Gasteiger partial charge < -0.3 is 10.3 Å². The Hall–Kier alpha value is -2.59. The van der Waals surface area contributed by atoms with Crippen molar-refractivity contribution in [3.05, 3.63) is 60.9 Å². The smallest absolute Gasteiger partial charge is 0.158 e. The molecule has 2 heterocycles. The molecule has 2 N–H and O–H groups in total. The van der Waals surface area contributed by atoms with Crippen LogP contribution < -0.4 is 5.32 Å². The zero-order valence-electron chi connectivity index (χ0n) is 11.1. The molecule has 4 nitrogen and oxygen atoms in total. The number of H-pyrrole nitrogens is 1. The summed E-state index contributed by atoms with van der Waals surface area (Å²) in [6.07, 6.45) is 1.59. The fourth-order valence-corrected chi connectivity index (χ4v) is 2.39. The van der Waals surface area contributed by atoms with Crippen molar-refractivity contribution >= 4 is 45.8 Å². The normalized spacial score (nSPS) is 10.5. The molecule has 0 aliphatic rings. The summed E-state index contributed by atoms with van der Waals surface area (Å²) in [4.78, 5) is 12.1. The van der Waals surface area contributed by atoms with Gasteiger partial charge in [0.05, 0.1) is 0 Å². The van der Waals surface area contributed by atoms with Crippen molar-refractivity contribution in [1.29, 1.82) is 0 Å². The van der Waals surface area contributed by atoms with E-state index in [1.807, 2.05) is 48.5 Å². The van der Waals surface area contributed by atoms with E-state index in [4.69, 9.17) is 0 Å². The molecule has 0 bridgehead atoms. The number of anilines is 2. The van der Waals surface area contributed by atoms with Crippen molar-refractivity contribution in [2.24, 2.45) is 0 Å². The summed E-state index contributed by atoms with van der Waals surface area (Å²) in [6.45, 7) is 0. The fourth-order valence-electron chi connectivity index (χ4n) is 2.39. The van der Waals surface area contributed by atoms with Gasteiger partial charge in [-0.25, -0.2) is 9.97 Å². The first kappa shape index (κ1) is 13.4. The molecule has 2 aromatic carbocycles. The van der Waals surface area contributed by atoms with E-state index in [1.54, 1.807) is 6.33 Å². The summed E-state index contributed by atoms with van der Waals surface area (Å²) in [5, 5.41) is 4.44. The quantitative estimate of drug-likeness (QED) is 0.580. The van der Waals surface area contributed by atoms with Crippen LogP contribution >= 0.6 is 12.4 Å². The number of para-hydroxylation sites is 2. The molecule has 2 aromatic heterocycles. The van der Waals surface area contributed by atoms with E-state index in [9.17, 15) is 0 Å². The van der Waals surface area contributed by atoms with Gasteiger partial charge >= 0.3 is 0 Å². The minimum absolute atomic E-state index is 0. The molecule has 0 atom stereocenters.